The van der Waals surface area contributed by atoms with Gasteiger partial charge in [-0.15, -0.1) is 0 Å². The second-order valence-corrected chi connectivity index (χ2v) is 12.1. The van der Waals surface area contributed by atoms with E-state index in [0.717, 1.165) is 38.5 Å². The standard InChI is InChI=1S/C32H38F3N7O3/c1-40-27-23(15-20(17-25(27)45-2)31(44)41-13-8-9-21(36)18-41)38-30(40)24-16-19-11-12-22-28(32(33,34)35)39-26(43)10-6-4-3-5-7-14-42(24)29(19)37-22/h11-12,15-17,21,28H,3-10,13-14,18,36H2,1-2H3,(H,39,43)/t21-,28?/m1/s1. The predicted molar refractivity (Wildman–Crippen MR) is 164 cm³/mol. The molecule has 1 aromatic carbocycles. The van der Waals surface area contributed by atoms with Crippen molar-refractivity contribution in [3.05, 3.63) is 41.6 Å². The minimum absolute atomic E-state index is 0.0460. The fourth-order valence-electron chi connectivity index (χ4n) is 6.55. The third-order valence-electron chi connectivity index (χ3n) is 8.85. The van der Waals surface area contributed by atoms with Crippen LogP contribution in [0.4, 0.5) is 13.2 Å². The smallest absolute Gasteiger partial charge is 0.414 e. The fraction of sp³-hybridized carbons (Fsp3) is 0.500. The van der Waals surface area contributed by atoms with Crippen LogP contribution in [0.15, 0.2) is 30.3 Å². The first-order chi connectivity index (χ1) is 21.5. The van der Waals surface area contributed by atoms with Crippen molar-refractivity contribution in [3.8, 4) is 17.3 Å². The summed E-state index contributed by atoms with van der Waals surface area (Å²) >= 11 is 0. The molecule has 1 unspecified atom stereocenters. The number of piperidine rings is 1. The zero-order chi connectivity index (χ0) is 31.9. The number of amides is 2. The number of benzene rings is 1. The van der Waals surface area contributed by atoms with E-state index in [-0.39, 0.29) is 24.1 Å². The van der Waals surface area contributed by atoms with E-state index in [9.17, 15) is 22.8 Å². The van der Waals surface area contributed by atoms with E-state index >= 15 is 0 Å². The first-order valence-corrected chi connectivity index (χ1v) is 15.5. The molecule has 1 saturated heterocycles. The number of aromatic nitrogens is 4. The number of methoxy groups -OCH3 is 1. The lowest BCUT2D eigenvalue weighted by molar-refractivity contribution is -0.164. The summed E-state index contributed by atoms with van der Waals surface area (Å²) in [6.07, 6.45) is 0.888. The lowest BCUT2D eigenvalue weighted by Crippen LogP contribution is -2.45. The number of hydrogen-bond donors (Lipinski definition) is 2. The van der Waals surface area contributed by atoms with E-state index in [1.165, 1.54) is 6.07 Å². The quantitative estimate of drug-likeness (QED) is 0.322. The number of aryl methyl sites for hydroxylation is 2. The second-order valence-electron chi connectivity index (χ2n) is 12.1. The summed E-state index contributed by atoms with van der Waals surface area (Å²) < 4.78 is 52.0. The van der Waals surface area contributed by atoms with Crippen molar-refractivity contribution in [1.82, 2.24) is 29.3 Å². The topological polar surface area (TPSA) is 120 Å². The third kappa shape index (κ3) is 6.09. The van der Waals surface area contributed by atoms with Crippen molar-refractivity contribution in [1.29, 1.82) is 0 Å². The van der Waals surface area contributed by atoms with Gasteiger partial charge in [0.25, 0.3) is 5.91 Å². The van der Waals surface area contributed by atoms with Gasteiger partial charge in [0.15, 0.2) is 11.9 Å². The number of likely N-dealkylation sites (tertiary alicyclic amines) is 1. The summed E-state index contributed by atoms with van der Waals surface area (Å²) in [5.41, 5.74) is 8.63. The SMILES string of the molecule is COc1cc(C(=O)N2CCC[C@@H](N)C2)cc2nc(-c3cc4ccc5nc4n3CCCCCCCC(=O)NC5C(F)(F)F)n(C)c12. The molecule has 0 spiro atoms. The Bertz CT molecular complexity index is 1750. The van der Waals surface area contributed by atoms with Gasteiger partial charge in [0.2, 0.25) is 5.91 Å². The molecule has 6 rings (SSSR count). The number of nitrogens with zero attached hydrogens (tertiary/aromatic N) is 5. The molecule has 3 N–H and O–H groups in total. The number of nitrogens with two attached hydrogens (primary N) is 1. The Morgan fingerprint density at radius 3 is 2.58 bits per heavy atom. The predicted octanol–water partition coefficient (Wildman–Crippen LogP) is 5.24. The average molecular weight is 626 g/mol. The highest BCUT2D eigenvalue weighted by atomic mass is 19.4. The van der Waals surface area contributed by atoms with Crippen LogP contribution in [0.2, 0.25) is 0 Å². The van der Waals surface area contributed by atoms with E-state index in [4.69, 9.17) is 15.5 Å². The summed E-state index contributed by atoms with van der Waals surface area (Å²) in [4.78, 5) is 37.1. The number of nitrogens with one attached hydrogen (secondary N) is 1. The molecule has 10 nitrogen and oxygen atoms in total. The highest BCUT2D eigenvalue weighted by Gasteiger charge is 2.43. The zero-order valence-corrected chi connectivity index (χ0v) is 25.5. The van der Waals surface area contributed by atoms with Crippen molar-refractivity contribution < 1.29 is 27.5 Å². The van der Waals surface area contributed by atoms with Gasteiger partial charge < -0.3 is 29.8 Å². The van der Waals surface area contributed by atoms with Crippen LogP contribution < -0.4 is 15.8 Å². The van der Waals surface area contributed by atoms with Gasteiger partial charge in [-0.1, -0.05) is 19.3 Å². The number of carbonyl (C=O) groups is 2. The van der Waals surface area contributed by atoms with Crippen molar-refractivity contribution in [2.75, 3.05) is 20.2 Å². The summed E-state index contributed by atoms with van der Waals surface area (Å²) in [6.45, 7) is 1.65. The van der Waals surface area contributed by atoms with E-state index in [1.807, 2.05) is 22.2 Å². The van der Waals surface area contributed by atoms with Gasteiger partial charge in [-0.05, 0) is 56.0 Å². The molecule has 2 aliphatic rings. The van der Waals surface area contributed by atoms with Gasteiger partial charge in [-0.3, -0.25) is 9.59 Å². The molecule has 0 radical (unpaired) electrons. The Morgan fingerprint density at radius 2 is 1.82 bits per heavy atom. The van der Waals surface area contributed by atoms with E-state index < -0.39 is 18.1 Å². The molecular weight excluding hydrogens is 587 g/mol. The number of halogens is 3. The maximum atomic E-state index is 14.2. The Balaban J connectivity index is 1.47. The molecule has 4 aromatic rings. The average Bonchev–Trinajstić information content (AvgIpc) is 3.54. The van der Waals surface area contributed by atoms with Crippen molar-refractivity contribution in [2.24, 2.45) is 12.8 Å². The van der Waals surface area contributed by atoms with Crippen LogP contribution in [-0.2, 0) is 18.4 Å². The van der Waals surface area contributed by atoms with Crippen LogP contribution in [0.1, 0.15) is 73.5 Å². The number of ether oxygens (including phenoxy) is 1. The van der Waals surface area contributed by atoms with E-state index in [1.54, 1.807) is 30.2 Å². The van der Waals surface area contributed by atoms with Crippen LogP contribution in [-0.4, -0.2) is 68.2 Å². The molecular formula is C32H38F3N7O3. The number of imidazole rings is 1. The third-order valence-corrected chi connectivity index (χ3v) is 8.85. The highest BCUT2D eigenvalue weighted by molar-refractivity contribution is 6.00. The number of hydrogen-bond acceptors (Lipinski definition) is 6. The Hall–Kier alpha value is -4.13. The summed E-state index contributed by atoms with van der Waals surface area (Å²) in [7, 11) is 3.39. The number of fused-ring (bicyclic) bond motifs is 2. The minimum atomic E-state index is -4.71. The molecule has 13 heteroatoms. The van der Waals surface area contributed by atoms with Crippen LogP contribution >= 0.6 is 0 Å². The van der Waals surface area contributed by atoms with E-state index in [2.05, 4.69) is 10.3 Å². The molecule has 2 aliphatic heterocycles. The van der Waals surface area contributed by atoms with Gasteiger partial charge >= 0.3 is 6.18 Å². The second kappa shape index (κ2) is 12.3. The molecule has 0 saturated carbocycles. The molecule has 2 atom stereocenters. The Kier molecular flexibility index (Phi) is 8.47. The van der Waals surface area contributed by atoms with Gasteiger partial charge in [-0.25, -0.2) is 9.97 Å². The number of alkyl halides is 3. The monoisotopic (exact) mass is 625 g/mol. The molecule has 1 fully saturated rings. The first kappa shape index (κ1) is 30.9. The maximum Gasteiger partial charge on any atom is 0.414 e. The number of pyridine rings is 1. The van der Waals surface area contributed by atoms with Crippen LogP contribution in [0, 0.1) is 0 Å². The molecule has 5 heterocycles. The molecule has 240 valence electrons. The van der Waals surface area contributed by atoms with Gasteiger partial charge in [0, 0.05) is 50.1 Å². The summed E-state index contributed by atoms with van der Waals surface area (Å²) in [5.74, 6) is 0.277. The molecule has 45 heavy (non-hydrogen) atoms. The lowest BCUT2D eigenvalue weighted by Gasteiger charge is -2.30. The van der Waals surface area contributed by atoms with Gasteiger partial charge in [-0.2, -0.15) is 13.2 Å². The van der Waals surface area contributed by atoms with Crippen molar-refractivity contribution in [2.45, 2.75) is 76.2 Å². The van der Waals surface area contributed by atoms with E-state index in [0.29, 0.717) is 71.0 Å². The molecule has 2 bridgehead atoms. The van der Waals surface area contributed by atoms with Crippen LogP contribution in [0.5, 0.6) is 5.75 Å². The first-order valence-electron chi connectivity index (χ1n) is 15.5. The molecule has 3 aromatic heterocycles. The number of carbonyl (C=O) groups excluding carboxylic acids is 2. The molecule has 0 aliphatic carbocycles. The Morgan fingerprint density at radius 1 is 1.04 bits per heavy atom. The van der Waals surface area contributed by atoms with Crippen LogP contribution in [0.3, 0.4) is 0 Å². The summed E-state index contributed by atoms with van der Waals surface area (Å²) in [5, 5.41) is 2.82. The maximum absolute atomic E-state index is 14.2. The summed E-state index contributed by atoms with van der Waals surface area (Å²) in [6, 6.07) is 6.00. The zero-order valence-electron chi connectivity index (χ0n) is 25.5. The highest BCUT2D eigenvalue weighted by Crippen LogP contribution is 2.37. The molecule has 2 amide bonds. The van der Waals surface area contributed by atoms with Gasteiger partial charge in [0.05, 0.1) is 24.0 Å². The largest absolute Gasteiger partial charge is 0.494 e. The van der Waals surface area contributed by atoms with Gasteiger partial charge in [0.1, 0.15) is 16.9 Å². The fourth-order valence-corrected chi connectivity index (χ4v) is 6.55. The normalized spacial score (nSPS) is 20.4. The van der Waals surface area contributed by atoms with Crippen LogP contribution in [0.25, 0.3) is 33.6 Å². The lowest BCUT2D eigenvalue weighted by atomic mass is 10.0. The number of rotatable bonds is 3. The van der Waals surface area contributed by atoms with Crippen molar-refractivity contribution >= 4 is 33.9 Å². The minimum Gasteiger partial charge on any atom is -0.494 e. The Labute approximate surface area is 258 Å². The van der Waals surface area contributed by atoms with Crippen molar-refractivity contribution in [3.63, 3.8) is 0 Å².